The van der Waals surface area contributed by atoms with E-state index in [0.717, 1.165) is 35.1 Å². The topological polar surface area (TPSA) is 64.1 Å². The van der Waals surface area contributed by atoms with E-state index < -0.39 is 0 Å². The van der Waals surface area contributed by atoms with Crippen LogP contribution in [0.2, 0.25) is 0 Å². The minimum atomic E-state index is 0.163. The molecule has 5 nitrogen and oxygen atoms in total. The second kappa shape index (κ2) is 5.45. The quantitative estimate of drug-likeness (QED) is 0.899. The van der Waals surface area contributed by atoms with Gasteiger partial charge in [-0.3, -0.25) is 4.79 Å². The largest absolute Gasteiger partial charge is 0.497 e. The highest BCUT2D eigenvalue weighted by atomic mass is 16.5. The number of rotatable bonds is 5. The van der Waals surface area contributed by atoms with Crippen LogP contribution >= 0.6 is 0 Å². The number of hydrogen-bond acceptors (Lipinski definition) is 4. The van der Waals surface area contributed by atoms with Gasteiger partial charge in [0.2, 0.25) is 5.91 Å². The van der Waals surface area contributed by atoms with E-state index in [2.05, 4.69) is 15.5 Å². The summed E-state index contributed by atoms with van der Waals surface area (Å²) in [5.74, 6) is 1.21. The number of benzene rings is 1. The van der Waals surface area contributed by atoms with E-state index in [0.29, 0.717) is 13.0 Å². The van der Waals surface area contributed by atoms with Crippen LogP contribution in [0.25, 0.3) is 10.8 Å². The number of carbonyl (C=O) groups is 1. The summed E-state index contributed by atoms with van der Waals surface area (Å²) >= 11 is 0. The van der Waals surface area contributed by atoms with E-state index in [1.165, 1.54) is 0 Å². The van der Waals surface area contributed by atoms with Crippen LogP contribution in [-0.2, 0) is 11.2 Å². The van der Waals surface area contributed by atoms with E-state index in [1.54, 1.807) is 13.3 Å². The van der Waals surface area contributed by atoms with Crippen LogP contribution in [0.4, 0.5) is 0 Å². The van der Waals surface area contributed by atoms with Crippen LogP contribution in [0.5, 0.6) is 5.75 Å². The second-order valence-corrected chi connectivity index (χ2v) is 5.06. The van der Waals surface area contributed by atoms with Gasteiger partial charge in [-0.1, -0.05) is 0 Å². The predicted molar refractivity (Wildman–Crippen MR) is 75.5 cm³/mol. The summed E-state index contributed by atoms with van der Waals surface area (Å²) < 4.78 is 5.24. The molecule has 5 heteroatoms. The Hall–Kier alpha value is -2.17. The fourth-order valence-corrected chi connectivity index (χ4v) is 2.22. The SMILES string of the molecule is COc1ccc2cnnc(CCNC(=O)C3CC3)c2c1. The van der Waals surface area contributed by atoms with Gasteiger partial charge in [0.1, 0.15) is 5.75 Å². The lowest BCUT2D eigenvalue weighted by atomic mass is 10.1. The Kier molecular flexibility index (Phi) is 3.50. The van der Waals surface area contributed by atoms with Gasteiger partial charge in [-0.2, -0.15) is 10.2 Å². The molecule has 0 saturated heterocycles. The number of hydrogen-bond donors (Lipinski definition) is 1. The number of carbonyl (C=O) groups excluding carboxylic acids is 1. The number of aromatic nitrogens is 2. The van der Waals surface area contributed by atoms with E-state index in [-0.39, 0.29) is 11.8 Å². The van der Waals surface area contributed by atoms with Crippen LogP contribution in [0, 0.1) is 5.92 Å². The molecule has 1 N–H and O–H groups in total. The van der Waals surface area contributed by atoms with Crippen LogP contribution in [0.3, 0.4) is 0 Å². The molecular formula is C15H17N3O2. The summed E-state index contributed by atoms with van der Waals surface area (Å²) in [5.41, 5.74) is 0.887. The van der Waals surface area contributed by atoms with Crippen LogP contribution in [0.15, 0.2) is 24.4 Å². The van der Waals surface area contributed by atoms with Crippen LogP contribution in [-0.4, -0.2) is 29.8 Å². The maximum absolute atomic E-state index is 11.6. The molecule has 0 atom stereocenters. The second-order valence-electron chi connectivity index (χ2n) is 5.06. The van der Waals surface area contributed by atoms with Crippen molar-refractivity contribution in [2.24, 2.45) is 5.92 Å². The summed E-state index contributed by atoms with van der Waals surface area (Å²) in [4.78, 5) is 11.6. The molecule has 1 aliphatic carbocycles. The fourth-order valence-electron chi connectivity index (χ4n) is 2.22. The smallest absolute Gasteiger partial charge is 0.223 e. The maximum atomic E-state index is 11.6. The number of amides is 1. The molecule has 1 saturated carbocycles. The van der Waals surface area contributed by atoms with Gasteiger partial charge in [0, 0.05) is 29.7 Å². The van der Waals surface area contributed by atoms with Crippen molar-refractivity contribution < 1.29 is 9.53 Å². The number of nitrogens with one attached hydrogen (secondary N) is 1. The molecule has 20 heavy (non-hydrogen) atoms. The van der Waals surface area contributed by atoms with Gasteiger partial charge < -0.3 is 10.1 Å². The lowest BCUT2D eigenvalue weighted by molar-refractivity contribution is -0.122. The molecule has 1 amide bonds. The number of methoxy groups -OCH3 is 1. The van der Waals surface area contributed by atoms with Crippen LogP contribution < -0.4 is 10.1 Å². The van der Waals surface area contributed by atoms with E-state index in [9.17, 15) is 4.79 Å². The monoisotopic (exact) mass is 271 g/mol. The maximum Gasteiger partial charge on any atom is 0.223 e. The minimum absolute atomic E-state index is 0.163. The summed E-state index contributed by atoms with van der Waals surface area (Å²) in [5, 5.41) is 13.2. The van der Waals surface area contributed by atoms with Crippen molar-refractivity contribution in [1.82, 2.24) is 15.5 Å². The third-order valence-electron chi connectivity index (χ3n) is 3.56. The molecule has 0 radical (unpaired) electrons. The molecule has 0 spiro atoms. The van der Waals surface area contributed by atoms with Gasteiger partial charge in [0.05, 0.1) is 19.0 Å². The third-order valence-corrected chi connectivity index (χ3v) is 3.56. The Bertz CT molecular complexity index is 638. The van der Waals surface area contributed by atoms with E-state index in [1.807, 2.05) is 18.2 Å². The molecule has 1 heterocycles. The normalized spacial score (nSPS) is 14.2. The van der Waals surface area contributed by atoms with Gasteiger partial charge in [-0.05, 0) is 31.0 Å². The zero-order valence-electron chi connectivity index (χ0n) is 11.4. The summed E-state index contributed by atoms with van der Waals surface area (Å²) in [6, 6.07) is 5.83. The van der Waals surface area contributed by atoms with Crippen molar-refractivity contribution in [1.29, 1.82) is 0 Å². The molecule has 104 valence electrons. The lowest BCUT2D eigenvalue weighted by Crippen LogP contribution is -2.27. The Balaban J connectivity index is 1.74. The highest BCUT2D eigenvalue weighted by Crippen LogP contribution is 2.28. The van der Waals surface area contributed by atoms with Crippen molar-refractivity contribution >= 4 is 16.7 Å². The first-order chi connectivity index (χ1) is 9.78. The predicted octanol–water partition coefficient (Wildman–Crippen LogP) is 1.71. The molecule has 3 rings (SSSR count). The number of ether oxygens (including phenoxy) is 1. The fraction of sp³-hybridized carbons (Fsp3) is 0.400. The Morgan fingerprint density at radius 2 is 2.30 bits per heavy atom. The number of nitrogens with zero attached hydrogens (tertiary/aromatic N) is 2. The summed E-state index contributed by atoms with van der Waals surface area (Å²) in [6.07, 6.45) is 4.46. The molecular weight excluding hydrogens is 254 g/mol. The standard InChI is InChI=1S/C15H17N3O2/c1-20-12-5-4-11-9-17-18-14(13(11)8-12)6-7-16-15(19)10-2-3-10/h4-5,8-10H,2-3,6-7H2,1H3,(H,16,19). The van der Waals surface area contributed by atoms with E-state index in [4.69, 9.17) is 4.74 Å². The summed E-state index contributed by atoms with van der Waals surface area (Å²) in [7, 11) is 1.64. The molecule has 0 bridgehead atoms. The van der Waals surface area contributed by atoms with Crippen molar-refractivity contribution in [3.8, 4) is 5.75 Å². The van der Waals surface area contributed by atoms with Crippen molar-refractivity contribution in [3.63, 3.8) is 0 Å². The molecule has 1 fully saturated rings. The molecule has 1 aliphatic rings. The van der Waals surface area contributed by atoms with Gasteiger partial charge >= 0.3 is 0 Å². The van der Waals surface area contributed by atoms with Crippen molar-refractivity contribution in [2.75, 3.05) is 13.7 Å². The van der Waals surface area contributed by atoms with Crippen molar-refractivity contribution in [3.05, 3.63) is 30.1 Å². The van der Waals surface area contributed by atoms with Gasteiger partial charge in [-0.25, -0.2) is 0 Å². The van der Waals surface area contributed by atoms with Gasteiger partial charge in [0.25, 0.3) is 0 Å². The Labute approximate surface area is 117 Å². The van der Waals surface area contributed by atoms with Gasteiger partial charge in [0.15, 0.2) is 0 Å². The third kappa shape index (κ3) is 2.71. The zero-order valence-corrected chi connectivity index (χ0v) is 11.4. The molecule has 0 unspecified atom stereocenters. The van der Waals surface area contributed by atoms with Crippen LogP contribution in [0.1, 0.15) is 18.5 Å². The Morgan fingerprint density at radius 1 is 1.45 bits per heavy atom. The number of fused-ring (bicyclic) bond motifs is 1. The molecule has 1 aromatic carbocycles. The average Bonchev–Trinajstić information content (AvgIpc) is 3.31. The highest BCUT2D eigenvalue weighted by molar-refractivity contribution is 5.85. The van der Waals surface area contributed by atoms with E-state index >= 15 is 0 Å². The average molecular weight is 271 g/mol. The first-order valence-electron chi connectivity index (χ1n) is 6.84. The molecule has 1 aromatic heterocycles. The zero-order chi connectivity index (χ0) is 13.9. The molecule has 2 aromatic rings. The first kappa shape index (κ1) is 12.8. The lowest BCUT2D eigenvalue weighted by Gasteiger charge is -2.07. The van der Waals surface area contributed by atoms with Crippen molar-refractivity contribution in [2.45, 2.75) is 19.3 Å². The first-order valence-corrected chi connectivity index (χ1v) is 6.84. The Morgan fingerprint density at radius 3 is 3.05 bits per heavy atom. The van der Waals surface area contributed by atoms with Gasteiger partial charge in [-0.15, -0.1) is 0 Å². The highest BCUT2D eigenvalue weighted by Gasteiger charge is 2.29. The minimum Gasteiger partial charge on any atom is -0.497 e. The molecule has 0 aliphatic heterocycles. The summed E-state index contributed by atoms with van der Waals surface area (Å²) in [6.45, 7) is 0.598.